The molecule has 1 amide bonds. The van der Waals surface area contributed by atoms with Gasteiger partial charge in [-0.2, -0.15) is 0 Å². The molecule has 3 N–H and O–H groups in total. The Morgan fingerprint density at radius 2 is 1.85 bits per heavy atom. The summed E-state index contributed by atoms with van der Waals surface area (Å²) < 4.78 is 0. The molecule has 0 saturated carbocycles. The Bertz CT molecular complexity index is 821. The highest BCUT2D eigenvalue weighted by molar-refractivity contribution is 5.91. The van der Waals surface area contributed by atoms with Gasteiger partial charge in [0, 0.05) is 19.0 Å². The fourth-order valence-corrected chi connectivity index (χ4v) is 2.71. The predicted octanol–water partition coefficient (Wildman–Crippen LogP) is 2.98. The Balaban J connectivity index is 2.13. The molecule has 0 fully saturated rings. The summed E-state index contributed by atoms with van der Waals surface area (Å²) in [5, 5.41) is 11.7. The molecule has 26 heavy (non-hydrogen) atoms. The zero-order valence-electron chi connectivity index (χ0n) is 15.5. The molecule has 138 valence electrons. The molecule has 0 radical (unpaired) electrons. The predicted molar refractivity (Wildman–Crippen MR) is 104 cm³/mol. The largest absolute Gasteiger partial charge is 0.480 e. The number of rotatable bonds is 7. The number of nitrogens with zero attached hydrogens (tertiary/aromatic N) is 1. The van der Waals surface area contributed by atoms with Crippen molar-refractivity contribution in [1.82, 2.24) is 4.90 Å². The minimum Gasteiger partial charge on any atom is -0.480 e. The third-order valence-corrected chi connectivity index (χ3v) is 4.25. The molecule has 0 aliphatic rings. The smallest absolute Gasteiger partial charge is 0.326 e. The number of carboxylic acid groups (broad SMARTS) is 1. The highest BCUT2D eigenvalue weighted by Gasteiger charge is 2.25. The van der Waals surface area contributed by atoms with Gasteiger partial charge in [0.05, 0.1) is 0 Å². The number of likely N-dealkylation sites (N-methyl/N-ethyl adjacent to an activating group) is 1. The minimum atomic E-state index is -1.03. The number of fused-ring (bicyclic) bond motifs is 1. The van der Waals surface area contributed by atoms with Gasteiger partial charge in [0.2, 0.25) is 5.91 Å². The lowest BCUT2D eigenvalue weighted by molar-refractivity contribution is -0.147. The topological polar surface area (TPSA) is 83.6 Å². The van der Waals surface area contributed by atoms with E-state index in [1.807, 2.05) is 56.3 Å². The number of amides is 1. The molecular formula is C21H26N2O3. The van der Waals surface area contributed by atoms with Crippen molar-refractivity contribution in [1.29, 1.82) is 0 Å². The summed E-state index contributed by atoms with van der Waals surface area (Å²) >= 11 is 0. The van der Waals surface area contributed by atoms with Gasteiger partial charge in [0.15, 0.2) is 0 Å². The normalized spacial score (nSPS) is 13.1. The number of hydrogen-bond donors (Lipinski definition) is 2. The third kappa shape index (κ3) is 5.43. The van der Waals surface area contributed by atoms with Crippen LogP contribution in [0, 0.1) is 0 Å². The van der Waals surface area contributed by atoms with Crippen LogP contribution in [0.3, 0.4) is 0 Å². The fraction of sp³-hybridized carbons (Fsp3) is 0.333. The van der Waals surface area contributed by atoms with E-state index in [2.05, 4.69) is 0 Å². The van der Waals surface area contributed by atoms with Crippen LogP contribution in [-0.2, 0) is 16.0 Å². The molecule has 5 nitrogen and oxygen atoms in total. The van der Waals surface area contributed by atoms with Gasteiger partial charge in [0.1, 0.15) is 6.04 Å². The van der Waals surface area contributed by atoms with Crippen molar-refractivity contribution >= 4 is 22.6 Å². The van der Waals surface area contributed by atoms with Crippen LogP contribution in [-0.4, -0.2) is 40.5 Å². The van der Waals surface area contributed by atoms with Gasteiger partial charge in [0.25, 0.3) is 0 Å². The molecule has 0 saturated heterocycles. The van der Waals surface area contributed by atoms with Crippen molar-refractivity contribution in [2.24, 2.45) is 5.73 Å². The van der Waals surface area contributed by atoms with Gasteiger partial charge in [-0.05, 0) is 42.7 Å². The van der Waals surface area contributed by atoms with E-state index < -0.39 is 17.6 Å². The summed E-state index contributed by atoms with van der Waals surface area (Å²) in [5.41, 5.74) is 6.35. The summed E-state index contributed by atoms with van der Waals surface area (Å²) in [6, 6.07) is 12.8. The molecular weight excluding hydrogens is 328 g/mol. The second-order valence-electron chi connectivity index (χ2n) is 7.28. The van der Waals surface area contributed by atoms with Gasteiger partial charge < -0.3 is 15.7 Å². The van der Waals surface area contributed by atoms with Crippen molar-refractivity contribution in [2.45, 2.75) is 38.3 Å². The van der Waals surface area contributed by atoms with Crippen LogP contribution in [0.2, 0.25) is 0 Å². The molecule has 0 spiro atoms. The van der Waals surface area contributed by atoms with E-state index in [0.717, 1.165) is 16.3 Å². The van der Waals surface area contributed by atoms with Crippen LogP contribution in [0.1, 0.15) is 25.8 Å². The first-order valence-corrected chi connectivity index (χ1v) is 8.60. The standard InChI is InChI=1S/C21H26N2O3/c1-21(2,22)12-6-9-19(24)23(3)18(20(25)26)14-15-10-11-16-7-4-5-8-17(16)13-15/h4-11,13,18H,12,14,22H2,1-3H3,(H,25,26)/b9-6+. The van der Waals surface area contributed by atoms with E-state index in [4.69, 9.17) is 5.73 Å². The van der Waals surface area contributed by atoms with E-state index in [9.17, 15) is 14.7 Å². The molecule has 1 atom stereocenters. The van der Waals surface area contributed by atoms with Crippen molar-refractivity contribution in [3.8, 4) is 0 Å². The van der Waals surface area contributed by atoms with Crippen LogP contribution >= 0.6 is 0 Å². The summed E-state index contributed by atoms with van der Waals surface area (Å²) in [7, 11) is 1.51. The molecule has 0 aromatic heterocycles. The second kappa shape index (κ2) is 8.15. The molecule has 1 unspecified atom stereocenters. The quantitative estimate of drug-likeness (QED) is 0.749. The maximum atomic E-state index is 12.3. The average Bonchev–Trinajstić information content (AvgIpc) is 2.57. The van der Waals surface area contributed by atoms with E-state index >= 15 is 0 Å². The SMILES string of the molecule is CN(C(=O)/C=C/CC(C)(C)N)C(Cc1ccc2ccccc2c1)C(=O)O. The lowest BCUT2D eigenvalue weighted by Crippen LogP contribution is -2.43. The summed E-state index contributed by atoms with van der Waals surface area (Å²) in [4.78, 5) is 25.3. The molecule has 2 rings (SSSR count). The van der Waals surface area contributed by atoms with Crippen molar-refractivity contribution in [2.75, 3.05) is 7.05 Å². The zero-order valence-corrected chi connectivity index (χ0v) is 15.5. The highest BCUT2D eigenvalue weighted by atomic mass is 16.4. The highest BCUT2D eigenvalue weighted by Crippen LogP contribution is 2.18. The lowest BCUT2D eigenvalue weighted by atomic mass is 10.0. The molecule has 2 aromatic carbocycles. The van der Waals surface area contributed by atoms with E-state index in [-0.39, 0.29) is 12.3 Å². The minimum absolute atomic E-state index is 0.249. The first-order chi connectivity index (χ1) is 12.2. The molecule has 0 aliphatic heterocycles. The molecule has 2 aromatic rings. The molecule has 0 aliphatic carbocycles. The van der Waals surface area contributed by atoms with Crippen molar-refractivity contribution < 1.29 is 14.7 Å². The van der Waals surface area contributed by atoms with Gasteiger partial charge in [-0.3, -0.25) is 4.79 Å². The summed E-state index contributed by atoms with van der Waals surface area (Å²) in [6.07, 6.45) is 3.87. The van der Waals surface area contributed by atoms with Gasteiger partial charge >= 0.3 is 5.97 Å². The molecule has 0 heterocycles. The van der Waals surface area contributed by atoms with Crippen molar-refractivity contribution in [3.05, 3.63) is 60.2 Å². The first kappa shape index (κ1) is 19.7. The number of hydrogen-bond acceptors (Lipinski definition) is 3. The van der Waals surface area contributed by atoms with Crippen molar-refractivity contribution in [3.63, 3.8) is 0 Å². The first-order valence-electron chi connectivity index (χ1n) is 8.60. The Hall–Kier alpha value is -2.66. The number of carbonyl (C=O) groups is 2. The van der Waals surface area contributed by atoms with Crippen LogP contribution in [0.15, 0.2) is 54.6 Å². The summed E-state index contributed by atoms with van der Waals surface area (Å²) in [5.74, 6) is -1.37. The van der Waals surface area contributed by atoms with Gasteiger partial charge in [-0.1, -0.05) is 48.5 Å². The van der Waals surface area contributed by atoms with Crippen LogP contribution in [0.4, 0.5) is 0 Å². The number of benzene rings is 2. The van der Waals surface area contributed by atoms with Crippen LogP contribution < -0.4 is 5.73 Å². The lowest BCUT2D eigenvalue weighted by Gasteiger charge is -2.24. The second-order valence-corrected chi connectivity index (χ2v) is 7.28. The summed E-state index contributed by atoms with van der Waals surface area (Å²) in [6.45, 7) is 3.73. The number of aliphatic carboxylic acids is 1. The van der Waals surface area contributed by atoms with E-state index in [1.165, 1.54) is 18.0 Å². The molecule has 5 heteroatoms. The number of carboxylic acids is 1. The number of carbonyl (C=O) groups excluding carboxylic acids is 1. The monoisotopic (exact) mass is 354 g/mol. The Labute approximate surface area is 154 Å². The Morgan fingerprint density at radius 1 is 1.19 bits per heavy atom. The zero-order chi connectivity index (χ0) is 19.3. The fourth-order valence-electron chi connectivity index (χ4n) is 2.71. The van der Waals surface area contributed by atoms with E-state index in [0.29, 0.717) is 6.42 Å². The Kier molecular flexibility index (Phi) is 6.16. The Morgan fingerprint density at radius 3 is 2.46 bits per heavy atom. The van der Waals surface area contributed by atoms with Gasteiger partial charge in [-0.25, -0.2) is 4.79 Å². The van der Waals surface area contributed by atoms with Crippen LogP contribution in [0.25, 0.3) is 10.8 Å². The average molecular weight is 354 g/mol. The maximum absolute atomic E-state index is 12.3. The third-order valence-electron chi connectivity index (χ3n) is 4.25. The molecule has 0 bridgehead atoms. The van der Waals surface area contributed by atoms with Gasteiger partial charge in [-0.15, -0.1) is 0 Å². The number of nitrogens with two attached hydrogens (primary N) is 1. The van der Waals surface area contributed by atoms with E-state index in [1.54, 1.807) is 6.08 Å². The van der Waals surface area contributed by atoms with Crippen LogP contribution in [0.5, 0.6) is 0 Å². The maximum Gasteiger partial charge on any atom is 0.326 e.